The maximum Gasteiger partial charge on any atom is 0.290 e. The van der Waals surface area contributed by atoms with E-state index >= 15 is 0 Å². The summed E-state index contributed by atoms with van der Waals surface area (Å²) in [5.74, 6) is -1.51. The van der Waals surface area contributed by atoms with E-state index in [1.807, 2.05) is 0 Å². The van der Waals surface area contributed by atoms with Gasteiger partial charge in [0.2, 0.25) is 5.78 Å². The summed E-state index contributed by atoms with van der Waals surface area (Å²) >= 11 is 13.7. The van der Waals surface area contributed by atoms with Crippen LogP contribution in [-0.4, -0.2) is 41.0 Å². The van der Waals surface area contributed by atoms with Gasteiger partial charge in [0, 0.05) is 23.2 Å². The Balaban J connectivity index is 1.79. The van der Waals surface area contributed by atoms with Gasteiger partial charge in [-0.1, -0.05) is 35.3 Å². The van der Waals surface area contributed by atoms with E-state index in [1.54, 1.807) is 35.7 Å². The van der Waals surface area contributed by atoms with Gasteiger partial charge >= 0.3 is 0 Å². The van der Waals surface area contributed by atoms with Crippen LogP contribution in [0.5, 0.6) is 0 Å². The summed E-state index contributed by atoms with van der Waals surface area (Å²) in [4.78, 5) is 27.9. The van der Waals surface area contributed by atoms with Crippen LogP contribution in [0.25, 0.3) is 0 Å². The number of aliphatic hydroxyl groups is 1. The Labute approximate surface area is 176 Å². The summed E-state index contributed by atoms with van der Waals surface area (Å²) in [5, 5.41) is 13.2. The zero-order chi connectivity index (χ0) is 19.8. The summed E-state index contributed by atoms with van der Waals surface area (Å²) in [6, 6.07) is 7.53. The minimum Gasteiger partial charge on any atom is -0.503 e. The minimum atomic E-state index is -0.795. The molecule has 0 bridgehead atoms. The molecule has 1 fully saturated rings. The molecule has 1 aromatic heterocycles. The van der Waals surface area contributed by atoms with Gasteiger partial charge in [0.1, 0.15) is 0 Å². The molecule has 0 aliphatic carbocycles. The summed E-state index contributed by atoms with van der Waals surface area (Å²) in [6.45, 7) is 0.910. The van der Waals surface area contributed by atoms with E-state index in [0.717, 1.165) is 12.8 Å². The molecular formula is C20H17Cl2NO4S. The van der Waals surface area contributed by atoms with Crippen molar-refractivity contribution < 1.29 is 19.4 Å². The van der Waals surface area contributed by atoms with E-state index in [9.17, 15) is 14.7 Å². The van der Waals surface area contributed by atoms with Crippen molar-refractivity contribution in [3.8, 4) is 0 Å². The lowest BCUT2D eigenvalue weighted by molar-refractivity contribution is -0.131. The SMILES string of the molecule is O=C(C1=C(O)C(=O)N(C[C@H]2CCCO2)[C@@H]1c1ccc(Cl)cc1Cl)c1cccs1. The van der Waals surface area contributed by atoms with Crippen molar-refractivity contribution in [2.24, 2.45) is 0 Å². The molecule has 2 aromatic rings. The highest BCUT2D eigenvalue weighted by Gasteiger charge is 2.45. The first-order chi connectivity index (χ1) is 13.5. The van der Waals surface area contributed by atoms with Crippen molar-refractivity contribution in [2.75, 3.05) is 13.2 Å². The highest BCUT2D eigenvalue weighted by Crippen LogP contribution is 2.43. The Morgan fingerprint density at radius 3 is 2.79 bits per heavy atom. The molecule has 146 valence electrons. The molecule has 1 amide bonds. The molecule has 0 saturated carbocycles. The third-order valence-electron chi connectivity index (χ3n) is 4.97. The Kier molecular flexibility index (Phi) is 5.47. The average molecular weight is 438 g/mol. The fourth-order valence-corrected chi connectivity index (χ4v) is 4.86. The maximum atomic E-state index is 13.1. The van der Waals surface area contributed by atoms with E-state index in [4.69, 9.17) is 27.9 Å². The zero-order valence-corrected chi connectivity index (χ0v) is 17.1. The number of Topliss-reactive ketones (excluding diaryl/α,β-unsaturated/α-hetero) is 1. The van der Waals surface area contributed by atoms with Crippen molar-refractivity contribution in [1.82, 2.24) is 4.90 Å². The van der Waals surface area contributed by atoms with Crippen molar-refractivity contribution >= 4 is 46.2 Å². The van der Waals surface area contributed by atoms with Crippen molar-refractivity contribution in [1.29, 1.82) is 0 Å². The monoisotopic (exact) mass is 437 g/mol. The van der Waals surface area contributed by atoms with Crippen LogP contribution in [0.2, 0.25) is 10.0 Å². The molecule has 8 heteroatoms. The smallest absolute Gasteiger partial charge is 0.290 e. The molecule has 2 atom stereocenters. The van der Waals surface area contributed by atoms with E-state index in [2.05, 4.69) is 0 Å². The van der Waals surface area contributed by atoms with Gasteiger partial charge in [-0.2, -0.15) is 0 Å². The quantitative estimate of drug-likeness (QED) is 0.681. The molecule has 5 nitrogen and oxygen atoms in total. The second-order valence-electron chi connectivity index (χ2n) is 6.73. The average Bonchev–Trinajstić information content (AvgIpc) is 3.40. The van der Waals surface area contributed by atoms with Gasteiger partial charge in [0.15, 0.2) is 5.76 Å². The number of halogens is 2. The first-order valence-electron chi connectivity index (χ1n) is 8.86. The molecule has 3 heterocycles. The second-order valence-corrected chi connectivity index (χ2v) is 8.52. The molecule has 28 heavy (non-hydrogen) atoms. The lowest BCUT2D eigenvalue weighted by Crippen LogP contribution is -2.37. The molecule has 0 unspecified atom stereocenters. The predicted octanol–water partition coefficient (Wildman–Crippen LogP) is 4.81. The van der Waals surface area contributed by atoms with Crippen molar-refractivity contribution in [2.45, 2.75) is 25.0 Å². The number of benzene rings is 1. The van der Waals surface area contributed by atoms with Gasteiger partial charge in [-0.15, -0.1) is 11.3 Å². The van der Waals surface area contributed by atoms with Gasteiger partial charge in [-0.05, 0) is 42.0 Å². The molecule has 2 aliphatic heterocycles. The fraction of sp³-hybridized carbons (Fsp3) is 0.300. The van der Waals surface area contributed by atoms with E-state index < -0.39 is 17.7 Å². The van der Waals surface area contributed by atoms with Gasteiger partial charge in [0.05, 0.1) is 22.6 Å². The number of ether oxygens (including phenoxy) is 1. The number of rotatable bonds is 5. The van der Waals surface area contributed by atoms with E-state index in [-0.39, 0.29) is 24.0 Å². The Bertz CT molecular complexity index is 951. The molecule has 4 rings (SSSR count). The number of amides is 1. The van der Waals surface area contributed by atoms with Crippen LogP contribution >= 0.6 is 34.5 Å². The van der Waals surface area contributed by atoms with Crippen molar-refractivity contribution in [3.05, 3.63) is 67.5 Å². The van der Waals surface area contributed by atoms with E-state index in [0.29, 0.717) is 27.1 Å². The van der Waals surface area contributed by atoms with Crippen LogP contribution in [0.1, 0.15) is 34.1 Å². The normalized spacial score (nSPS) is 22.4. The molecule has 0 radical (unpaired) electrons. The highest BCUT2D eigenvalue weighted by molar-refractivity contribution is 7.12. The molecule has 1 aromatic carbocycles. The molecule has 2 aliphatic rings. The summed E-state index contributed by atoms with van der Waals surface area (Å²) in [6.07, 6.45) is 1.60. The number of carbonyl (C=O) groups excluding carboxylic acids is 2. The summed E-state index contributed by atoms with van der Waals surface area (Å²) in [5.41, 5.74) is 0.580. The largest absolute Gasteiger partial charge is 0.503 e. The topological polar surface area (TPSA) is 66.8 Å². The Hall–Kier alpha value is -1.86. The number of carbonyl (C=O) groups is 2. The highest BCUT2D eigenvalue weighted by atomic mass is 35.5. The van der Waals surface area contributed by atoms with E-state index in [1.165, 1.54) is 16.2 Å². The second kappa shape index (κ2) is 7.87. The van der Waals surface area contributed by atoms with Crippen LogP contribution < -0.4 is 0 Å². The number of ketones is 1. The lowest BCUT2D eigenvalue weighted by Gasteiger charge is -2.29. The summed E-state index contributed by atoms with van der Waals surface area (Å²) < 4.78 is 5.67. The number of thiophene rings is 1. The number of nitrogens with zero attached hydrogens (tertiary/aromatic N) is 1. The number of hydrogen-bond acceptors (Lipinski definition) is 5. The van der Waals surface area contributed by atoms with Crippen LogP contribution in [-0.2, 0) is 9.53 Å². The molecular weight excluding hydrogens is 421 g/mol. The molecule has 0 spiro atoms. The molecule has 1 N–H and O–H groups in total. The Morgan fingerprint density at radius 1 is 1.32 bits per heavy atom. The first-order valence-corrected chi connectivity index (χ1v) is 10.5. The third-order valence-corrected chi connectivity index (χ3v) is 6.41. The van der Waals surface area contributed by atoms with Gasteiger partial charge in [0.25, 0.3) is 5.91 Å². The van der Waals surface area contributed by atoms with Gasteiger partial charge in [-0.3, -0.25) is 9.59 Å². The number of hydrogen-bond donors (Lipinski definition) is 1. The molecule has 1 saturated heterocycles. The standard InChI is InChI=1S/C20H17Cl2NO4S/c21-11-5-6-13(14(22)9-11)17-16(18(24)15-4-2-8-28-15)19(25)20(26)23(17)10-12-3-1-7-27-12/h2,4-6,8-9,12,17,25H,1,3,7,10H2/t12-,17-/m1/s1. The minimum absolute atomic E-state index is 0.0367. The van der Waals surface area contributed by atoms with Crippen LogP contribution in [0.15, 0.2) is 47.0 Å². The Morgan fingerprint density at radius 2 is 2.14 bits per heavy atom. The fourth-order valence-electron chi connectivity index (χ4n) is 3.67. The predicted molar refractivity (Wildman–Crippen MR) is 108 cm³/mol. The number of aliphatic hydroxyl groups excluding tert-OH is 1. The first kappa shape index (κ1) is 19.5. The van der Waals surface area contributed by atoms with Crippen LogP contribution in [0.4, 0.5) is 0 Å². The van der Waals surface area contributed by atoms with Crippen LogP contribution in [0.3, 0.4) is 0 Å². The maximum absolute atomic E-state index is 13.1. The third kappa shape index (κ3) is 3.46. The van der Waals surface area contributed by atoms with Gasteiger partial charge in [-0.25, -0.2) is 0 Å². The van der Waals surface area contributed by atoms with Crippen molar-refractivity contribution in [3.63, 3.8) is 0 Å². The zero-order valence-electron chi connectivity index (χ0n) is 14.7. The van der Waals surface area contributed by atoms with Crippen LogP contribution in [0, 0.1) is 0 Å². The summed E-state index contributed by atoms with van der Waals surface area (Å²) in [7, 11) is 0. The van der Waals surface area contributed by atoms with Gasteiger partial charge < -0.3 is 14.7 Å². The lowest BCUT2D eigenvalue weighted by atomic mass is 9.95.